The van der Waals surface area contributed by atoms with Crippen LogP contribution in [0.2, 0.25) is 0 Å². The van der Waals surface area contributed by atoms with E-state index in [-0.39, 0.29) is 11.3 Å². The lowest BCUT2D eigenvalue weighted by Gasteiger charge is -2.07. The number of methoxy groups -OCH3 is 1. The number of ether oxygens (including phenoxy) is 1. The molecule has 0 amide bonds. The zero-order valence-electron chi connectivity index (χ0n) is 9.60. The van der Waals surface area contributed by atoms with Crippen LogP contribution in [-0.4, -0.2) is 26.9 Å². The lowest BCUT2D eigenvalue weighted by Crippen LogP contribution is -2.14. The summed E-state index contributed by atoms with van der Waals surface area (Å²) in [5.41, 5.74) is 0.544. The number of aromatic nitrogens is 4. The lowest BCUT2D eigenvalue weighted by atomic mass is 10.4. The molecule has 0 unspecified atom stereocenters. The van der Waals surface area contributed by atoms with Gasteiger partial charge >= 0.3 is 0 Å². The fourth-order valence-electron chi connectivity index (χ4n) is 1.43. The zero-order chi connectivity index (χ0) is 12.3. The van der Waals surface area contributed by atoms with E-state index in [0.29, 0.717) is 12.4 Å². The first-order chi connectivity index (χ1) is 8.20. The topological polar surface area (TPSA) is 84.8 Å². The molecule has 7 nitrogen and oxygen atoms in total. The Morgan fingerprint density at radius 3 is 3.06 bits per heavy atom. The molecule has 0 spiro atoms. The van der Waals surface area contributed by atoms with Gasteiger partial charge in [0.1, 0.15) is 0 Å². The number of aromatic amines is 1. The second-order valence-electron chi connectivity index (χ2n) is 3.45. The number of hydrogen-bond donors (Lipinski definition) is 2. The molecule has 2 N–H and O–H groups in total. The summed E-state index contributed by atoms with van der Waals surface area (Å²) in [6.07, 6.45) is 3.17. The molecule has 2 heterocycles. The molecule has 0 saturated heterocycles. The fourth-order valence-corrected chi connectivity index (χ4v) is 1.43. The van der Waals surface area contributed by atoms with Crippen molar-refractivity contribution in [2.45, 2.75) is 6.54 Å². The van der Waals surface area contributed by atoms with Crippen LogP contribution in [0.5, 0.6) is 5.75 Å². The van der Waals surface area contributed by atoms with Crippen LogP contribution in [0, 0.1) is 0 Å². The molecule has 0 aliphatic rings. The van der Waals surface area contributed by atoms with Crippen molar-refractivity contribution in [3.63, 3.8) is 0 Å². The number of nitrogens with zero attached hydrogens (tertiary/aromatic N) is 3. The van der Waals surface area contributed by atoms with Crippen molar-refractivity contribution in [1.82, 2.24) is 19.7 Å². The first kappa shape index (κ1) is 11.2. The van der Waals surface area contributed by atoms with Crippen molar-refractivity contribution in [3.05, 3.63) is 34.6 Å². The second kappa shape index (κ2) is 4.69. The third kappa shape index (κ3) is 2.44. The Bertz CT molecular complexity index is 560. The van der Waals surface area contributed by atoms with Crippen LogP contribution < -0.4 is 15.6 Å². The van der Waals surface area contributed by atoms with Crippen molar-refractivity contribution in [2.24, 2.45) is 7.05 Å². The Kier molecular flexibility index (Phi) is 3.08. The summed E-state index contributed by atoms with van der Waals surface area (Å²) in [6, 6.07) is 1.88. The van der Waals surface area contributed by atoms with Crippen LogP contribution in [0.25, 0.3) is 0 Å². The number of rotatable bonds is 4. The van der Waals surface area contributed by atoms with Crippen LogP contribution in [0.4, 0.5) is 5.82 Å². The summed E-state index contributed by atoms with van der Waals surface area (Å²) in [7, 11) is 3.27. The molecular formula is C10H13N5O2. The number of hydrogen-bond acceptors (Lipinski definition) is 5. The summed E-state index contributed by atoms with van der Waals surface area (Å²) < 4.78 is 6.68. The van der Waals surface area contributed by atoms with Gasteiger partial charge in [-0.1, -0.05) is 0 Å². The third-order valence-corrected chi connectivity index (χ3v) is 2.22. The summed E-state index contributed by atoms with van der Waals surface area (Å²) in [6.45, 7) is 0.480. The van der Waals surface area contributed by atoms with E-state index in [0.717, 1.165) is 5.69 Å². The van der Waals surface area contributed by atoms with E-state index in [4.69, 9.17) is 4.74 Å². The van der Waals surface area contributed by atoms with Gasteiger partial charge in [-0.05, 0) is 6.07 Å². The van der Waals surface area contributed by atoms with Gasteiger partial charge in [-0.3, -0.25) is 9.48 Å². The molecule has 0 aromatic carbocycles. The first-order valence-corrected chi connectivity index (χ1v) is 5.05. The largest absolute Gasteiger partial charge is 0.489 e. The Hall–Kier alpha value is -2.31. The molecular weight excluding hydrogens is 222 g/mol. The van der Waals surface area contributed by atoms with Crippen LogP contribution in [0.1, 0.15) is 5.69 Å². The molecule has 2 rings (SSSR count). The van der Waals surface area contributed by atoms with Gasteiger partial charge < -0.3 is 15.0 Å². The maximum absolute atomic E-state index is 11.4. The van der Waals surface area contributed by atoms with Gasteiger partial charge in [-0.15, -0.1) is 0 Å². The maximum Gasteiger partial charge on any atom is 0.295 e. The second-order valence-corrected chi connectivity index (χ2v) is 3.45. The highest BCUT2D eigenvalue weighted by molar-refractivity contribution is 5.47. The number of aryl methyl sites for hydroxylation is 1. The van der Waals surface area contributed by atoms with E-state index >= 15 is 0 Å². The van der Waals surface area contributed by atoms with Gasteiger partial charge in [0, 0.05) is 13.2 Å². The zero-order valence-corrected chi connectivity index (χ0v) is 9.60. The molecule has 0 aliphatic carbocycles. The Labute approximate surface area is 97.5 Å². The smallest absolute Gasteiger partial charge is 0.295 e. The quantitative estimate of drug-likeness (QED) is 0.786. The molecule has 7 heteroatoms. The van der Waals surface area contributed by atoms with Gasteiger partial charge in [-0.25, -0.2) is 4.98 Å². The highest BCUT2D eigenvalue weighted by atomic mass is 16.5. The summed E-state index contributed by atoms with van der Waals surface area (Å²) in [5, 5.41) is 7.21. The first-order valence-electron chi connectivity index (χ1n) is 5.05. The van der Waals surface area contributed by atoms with Crippen molar-refractivity contribution in [1.29, 1.82) is 0 Å². The third-order valence-electron chi connectivity index (χ3n) is 2.22. The fraction of sp³-hybridized carbons (Fsp3) is 0.300. The average Bonchev–Trinajstić information content (AvgIpc) is 2.72. The van der Waals surface area contributed by atoms with E-state index in [1.807, 2.05) is 19.3 Å². The highest BCUT2D eigenvalue weighted by Crippen LogP contribution is 2.14. The SMILES string of the molecule is COc1c(NCc2ccn(C)n2)nc[nH]c1=O. The average molecular weight is 235 g/mol. The molecule has 0 saturated carbocycles. The van der Waals surface area contributed by atoms with E-state index in [1.54, 1.807) is 4.68 Å². The predicted molar refractivity (Wildman–Crippen MR) is 61.9 cm³/mol. The Morgan fingerprint density at radius 1 is 1.59 bits per heavy atom. The molecule has 2 aromatic rings. The minimum absolute atomic E-state index is 0.170. The van der Waals surface area contributed by atoms with Crippen molar-refractivity contribution in [3.8, 4) is 5.75 Å². The molecule has 90 valence electrons. The van der Waals surface area contributed by atoms with Crippen molar-refractivity contribution >= 4 is 5.82 Å². The van der Waals surface area contributed by atoms with E-state index < -0.39 is 0 Å². The molecule has 17 heavy (non-hydrogen) atoms. The summed E-state index contributed by atoms with van der Waals surface area (Å²) in [5.74, 6) is 0.574. The summed E-state index contributed by atoms with van der Waals surface area (Å²) >= 11 is 0. The highest BCUT2D eigenvalue weighted by Gasteiger charge is 2.08. The molecule has 0 fully saturated rings. The monoisotopic (exact) mass is 235 g/mol. The van der Waals surface area contributed by atoms with Crippen LogP contribution in [0.3, 0.4) is 0 Å². The molecule has 0 aliphatic heterocycles. The Morgan fingerprint density at radius 2 is 2.41 bits per heavy atom. The summed E-state index contributed by atoms with van der Waals surface area (Å²) in [4.78, 5) is 17.9. The van der Waals surface area contributed by atoms with Crippen LogP contribution in [0.15, 0.2) is 23.4 Å². The molecule has 2 aromatic heterocycles. The molecule has 0 atom stereocenters. The van der Waals surface area contributed by atoms with E-state index in [9.17, 15) is 4.79 Å². The minimum Gasteiger partial charge on any atom is -0.489 e. The minimum atomic E-state index is -0.314. The predicted octanol–water partition coefficient (Wildman–Crippen LogP) is 0.124. The van der Waals surface area contributed by atoms with Gasteiger partial charge in [-0.2, -0.15) is 5.10 Å². The maximum atomic E-state index is 11.4. The number of anilines is 1. The van der Waals surface area contributed by atoms with Crippen molar-refractivity contribution in [2.75, 3.05) is 12.4 Å². The van der Waals surface area contributed by atoms with Gasteiger partial charge in [0.05, 0.1) is 25.7 Å². The van der Waals surface area contributed by atoms with Crippen molar-refractivity contribution < 1.29 is 4.74 Å². The number of H-pyrrole nitrogens is 1. The van der Waals surface area contributed by atoms with Gasteiger partial charge in [0.2, 0.25) is 5.75 Å². The van der Waals surface area contributed by atoms with Gasteiger partial charge in [0.15, 0.2) is 5.82 Å². The number of nitrogens with one attached hydrogen (secondary N) is 2. The normalized spacial score (nSPS) is 10.2. The lowest BCUT2D eigenvalue weighted by molar-refractivity contribution is 0.408. The van der Waals surface area contributed by atoms with Gasteiger partial charge in [0.25, 0.3) is 5.56 Å². The van der Waals surface area contributed by atoms with Crippen LogP contribution in [-0.2, 0) is 13.6 Å². The Balaban J connectivity index is 2.14. The van der Waals surface area contributed by atoms with E-state index in [1.165, 1.54) is 13.4 Å². The van der Waals surface area contributed by atoms with E-state index in [2.05, 4.69) is 20.4 Å². The standard InChI is InChI=1S/C10H13N5O2/c1-15-4-3-7(14-15)5-11-9-8(17-2)10(16)13-6-12-9/h3-4,6H,5H2,1-2H3,(H2,11,12,13,16). The molecule has 0 bridgehead atoms. The van der Waals surface area contributed by atoms with Crippen LogP contribution >= 0.6 is 0 Å². The molecule has 0 radical (unpaired) electrons.